The molecule has 1 heterocycles. The molecular formula is C13H25N3O5. The number of alkyl carbamates (subject to hydrolysis) is 1. The van der Waals surface area contributed by atoms with Crippen molar-refractivity contribution in [3.05, 3.63) is 0 Å². The molecule has 1 aliphatic rings. The Kier molecular flexibility index (Phi) is 7.41. The van der Waals surface area contributed by atoms with Gasteiger partial charge in [-0.15, -0.1) is 0 Å². The fourth-order valence-electron chi connectivity index (χ4n) is 2.13. The SMILES string of the molecule is NCCCC[C@@](N)(OC(=O)NCC1CCCOC1)C(=O)O. The quantitative estimate of drug-likeness (QED) is 0.366. The van der Waals surface area contributed by atoms with Crippen molar-refractivity contribution in [2.45, 2.75) is 37.8 Å². The van der Waals surface area contributed by atoms with E-state index in [2.05, 4.69) is 5.32 Å². The number of carbonyl (C=O) groups excluding carboxylic acids is 1. The van der Waals surface area contributed by atoms with E-state index in [-0.39, 0.29) is 12.3 Å². The van der Waals surface area contributed by atoms with Gasteiger partial charge < -0.3 is 25.6 Å². The van der Waals surface area contributed by atoms with E-state index in [4.69, 9.17) is 26.0 Å². The van der Waals surface area contributed by atoms with Crippen molar-refractivity contribution >= 4 is 12.1 Å². The van der Waals surface area contributed by atoms with Crippen LogP contribution in [-0.2, 0) is 14.3 Å². The molecule has 0 aromatic carbocycles. The molecule has 1 saturated heterocycles. The Labute approximate surface area is 124 Å². The Hall–Kier alpha value is -1.38. The maximum Gasteiger partial charge on any atom is 0.409 e. The minimum Gasteiger partial charge on any atom is -0.477 e. The number of aliphatic carboxylic acids is 1. The number of unbranched alkanes of at least 4 members (excludes halogenated alkanes) is 1. The van der Waals surface area contributed by atoms with Gasteiger partial charge >= 0.3 is 12.1 Å². The third-order valence-electron chi connectivity index (χ3n) is 3.43. The van der Waals surface area contributed by atoms with Gasteiger partial charge in [0.2, 0.25) is 0 Å². The van der Waals surface area contributed by atoms with Gasteiger partial charge in [0.15, 0.2) is 0 Å². The first-order valence-electron chi connectivity index (χ1n) is 7.25. The molecule has 2 atom stereocenters. The Morgan fingerprint density at radius 1 is 1.43 bits per heavy atom. The van der Waals surface area contributed by atoms with Crippen molar-refractivity contribution in [2.24, 2.45) is 17.4 Å². The highest BCUT2D eigenvalue weighted by molar-refractivity contribution is 5.80. The number of nitrogens with one attached hydrogen (secondary N) is 1. The molecule has 122 valence electrons. The number of nitrogens with two attached hydrogens (primary N) is 2. The maximum atomic E-state index is 11.7. The molecule has 0 aromatic heterocycles. The topological polar surface area (TPSA) is 137 Å². The summed E-state index contributed by atoms with van der Waals surface area (Å²) < 4.78 is 10.2. The summed E-state index contributed by atoms with van der Waals surface area (Å²) in [6.45, 7) is 2.15. The van der Waals surface area contributed by atoms with Gasteiger partial charge in [-0.2, -0.15) is 0 Å². The summed E-state index contributed by atoms with van der Waals surface area (Å²) in [7, 11) is 0. The number of rotatable bonds is 8. The number of ether oxygens (including phenoxy) is 2. The van der Waals surface area contributed by atoms with Crippen molar-refractivity contribution in [1.82, 2.24) is 5.32 Å². The zero-order valence-electron chi connectivity index (χ0n) is 12.2. The molecule has 0 aromatic rings. The summed E-state index contributed by atoms with van der Waals surface area (Å²) in [6, 6.07) is 0. The van der Waals surface area contributed by atoms with Crippen molar-refractivity contribution < 1.29 is 24.2 Å². The first-order valence-corrected chi connectivity index (χ1v) is 7.25. The third kappa shape index (κ3) is 6.28. The van der Waals surface area contributed by atoms with Gasteiger partial charge in [-0.3, -0.25) is 5.73 Å². The fraction of sp³-hybridized carbons (Fsp3) is 0.846. The van der Waals surface area contributed by atoms with Gasteiger partial charge in [0.25, 0.3) is 5.72 Å². The monoisotopic (exact) mass is 303 g/mol. The molecule has 21 heavy (non-hydrogen) atoms. The van der Waals surface area contributed by atoms with E-state index in [0.717, 1.165) is 19.4 Å². The predicted molar refractivity (Wildman–Crippen MR) is 75.5 cm³/mol. The predicted octanol–water partition coefficient (Wildman–Crippen LogP) is 0.00780. The second-order valence-corrected chi connectivity index (χ2v) is 5.29. The Bertz CT molecular complexity index is 347. The molecule has 1 aliphatic heterocycles. The number of carbonyl (C=O) groups is 2. The lowest BCUT2D eigenvalue weighted by molar-refractivity contribution is -0.159. The lowest BCUT2D eigenvalue weighted by Gasteiger charge is -2.26. The van der Waals surface area contributed by atoms with E-state index in [1.54, 1.807) is 0 Å². The van der Waals surface area contributed by atoms with Crippen LogP contribution in [0, 0.1) is 5.92 Å². The van der Waals surface area contributed by atoms with Gasteiger partial charge in [-0.05, 0) is 38.1 Å². The fourth-order valence-corrected chi connectivity index (χ4v) is 2.13. The second-order valence-electron chi connectivity index (χ2n) is 5.29. The van der Waals surface area contributed by atoms with Crippen molar-refractivity contribution in [2.75, 3.05) is 26.3 Å². The van der Waals surface area contributed by atoms with Crippen molar-refractivity contribution in [1.29, 1.82) is 0 Å². The molecule has 1 fully saturated rings. The molecule has 1 amide bonds. The molecule has 1 unspecified atom stereocenters. The third-order valence-corrected chi connectivity index (χ3v) is 3.43. The van der Waals surface area contributed by atoms with Crippen LogP contribution in [0.5, 0.6) is 0 Å². The lowest BCUT2D eigenvalue weighted by Crippen LogP contribution is -2.53. The van der Waals surface area contributed by atoms with Crippen LogP contribution in [0.2, 0.25) is 0 Å². The van der Waals surface area contributed by atoms with Crippen LogP contribution in [0.1, 0.15) is 32.1 Å². The Balaban J connectivity index is 2.38. The minimum absolute atomic E-state index is 0.0273. The zero-order chi connectivity index (χ0) is 15.7. The number of amides is 1. The van der Waals surface area contributed by atoms with Crippen molar-refractivity contribution in [3.63, 3.8) is 0 Å². The summed E-state index contributed by atoms with van der Waals surface area (Å²) >= 11 is 0. The van der Waals surface area contributed by atoms with E-state index < -0.39 is 17.8 Å². The van der Waals surface area contributed by atoms with Crippen molar-refractivity contribution in [3.8, 4) is 0 Å². The van der Waals surface area contributed by atoms with Crippen LogP contribution in [0.25, 0.3) is 0 Å². The minimum atomic E-state index is -2.01. The van der Waals surface area contributed by atoms with Crippen LogP contribution in [-0.4, -0.2) is 49.2 Å². The first-order chi connectivity index (χ1) is 9.98. The molecule has 6 N–H and O–H groups in total. The second kappa shape index (κ2) is 8.81. The molecule has 0 aliphatic carbocycles. The van der Waals surface area contributed by atoms with Gasteiger partial charge in [0, 0.05) is 19.6 Å². The highest BCUT2D eigenvalue weighted by Crippen LogP contribution is 2.15. The van der Waals surface area contributed by atoms with Gasteiger partial charge in [0.05, 0.1) is 6.61 Å². The number of hydrogen-bond donors (Lipinski definition) is 4. The summed E-state index contributed by atoms with van der Waals surface area (Å²) in [4.78, 5) is 22.9. The molecule has 1 rings (SSSR count). The molecule has 0 saturated carbocycles. The molecule has 8 heteroatoms. The zero-order valence-corrected chi connectivity index (χ0v) is 12.2. The van der Waals surface area contributed by atoms with Gasteiger partial charge in [0.1, 0.15) is 0 Å². The maximum absolute atomic E-state index is 11.7. The molecule has 0 bridgehead atoms. The number of carboxylic acids is 1. The van der Waals surface area contributed by atoms with E-state index >= 15 is 0 Å². The first kappa shape index (κ1) is 17.7. The van der Waals surface area contributed by atoms with Crippen LogP contribution < -0.4 is 16.8 Å². The molecular weight excluding hydrogens is 278 g/mol. The van der Waals surface area contributed by atoms with E-state index in [1.807, 2.05) is 0 Å². The average molecular weight is 303 g/mol. The summed E-state index contributed by atoms with van der Waals surface area (Å²) in [5, 5.41) is 11.7. The highest BCUT2D eigenvalue weighted by atomic mass is 16.6. The highest BCUT2D eigenvalue weighted by Gasteiger charge is 2.38. The molecule has 0 spiro atoms. The van der Waals surface area contributed by atoms with Gasteiger partial charge in [-0.1, -0.05) is 0 Å². The normalized spacial score (nSPS) is 21.3. The standard InChI is InChI=1S/C13H25N3O5/c14-6-2-1-5-13(15,11(17)18)21-12(19)16-8-10-4-3-7-20-9-10/h10H,1-9,14-15H2,(H,16,19)(H,17,18)/t10?,13-/m1/s1. The Morgan fingerprint density at radius 2 is 2.19 bits per heavy atom. The summed E-state index contributed by atoms with van der Waals surface area (Å²) in [5.74, 6) is -1.14. The van der Waals surface area contributed by atoms with E-state index in [1.165, 1.54) is 0 Å². The van der Waals surface area contributed by atoms with Gasteiger partial charge in [-0.25, -0.2) is 9.59 Å². The number of hydrogen-bond acceptors (Lipinski definition) is 6. The van der Waals surface area contributed by atoms with Crippen LogP contribution >= 0.6 is 0 Å². The lowest BCUT2D eigenvalue weighted by atomic mass is 10.0. The van der Waals surface area contributed by atoms with E-state index in [0.29, 0.717) is 32.5 Å². The molecule has 8 nitrogen and oxygen atoms in total. The summed E-state index contributed by atoms with van der Waals surface area (Å²) in [6.07, 6.45) is 2.22. The smallest absolute Gasteiger partial charge is 0.409 e. The van der Waals surface area contributed by atoms with Crippen LogP contribution in [0.15, 0.2) is 0 Å². The average Bonchev–Trinajstić information content (AvgIpc) is 2.46. The largest absolute Gasteiger partial charge is 0.477 e. The van der Waals surface area contributed by atoms with Crippen LogP contribution in [0.3, 0.4) is 0 Å². The molecule has 0 radical (unpaired) electrons. The summed E-state index contributed by atoms with van der Waals surface area (Å²) in [5.41, 5.74) is 8.98. The number of carboxylic acid groups (broad SMARTS) is 1. The van der Waals surface area contributed by atoms with E-state index in [9.17, 15) is 9.59 Å². The Morgan fingerprint density at radius 3 is 2.76 bits per heavy atom. The van der Waals surface area contributed by atoms with Crippen LogP contribution in [0.4, 0.5) is 4.79 Å².